The van der Waals surface area contributed by atoms with Crippen molar-refractivity contribution in [1.29, 1.82) is 0 Å². The molecule has 0 amide bonds. The van der Waals surface area contributed by atoms with Crippen molar-refractivity contribution in [3.8, 4) is 0 Å². The number of rotatable bonds is 0. The Kier molecular flexibility index (Phi) is 7.42. The Balaban J connectivity index is 0.000000168. The summed E-state index contributed by atoms with van der Waals surface area (Å²) in [5.41, 5.74) is 15.2. The van der Waals surface area contributed by atoms with Gasteiger partial charge in [0.25, 0.3) is 0 Å². The second-order valence-corrected chi connectivity index (χ2v) is 14.4. The van der Waals surface area contributed by atoms with Crippen LogP contribution in [0.1, 0.15) is 86.1 Å². The first-order valence-corrected chi connectivity index (χ1v) is 15.2. The van der Waals surface area contributed by atoms with Gasteiger partial charge in [0.15, 0.2) is 0 Å². The van der Waals surface area contributed by atoms with E-state index in [0.717, 1.165) is 22.1 Å². The SMILES string of the molecule is Cc1cc(C)c2c(C(C)(C)C)c3cc(C)ccc3nc2c1.Cc1ccc2nc3c(C)ccc(C)c3c(C(C)(C)C)c2c1. The molecule has 0 fully saturated rings. The van der Waals surface area contributed by atoms with Crippen molar-refractivity contribution in [3.63, 3.8) is 0 Å². The fourth-order valence-corrected chi connectivity index (χ4v) is 6.59. The predicted molar refractivity (Wildman–Crippen MR) is 184 cm³/mol. The summed E-state index contributed by atoms with van der Waals surface area (Å²) in [6.45, 7) is 26.8. The molecule has 0 aliphatic heterocycles. The second kappa shape index (κ2) is 10.5. The molecule has 0 atom stereocenters. The molecule has 0 radical (unpaired) electrons. The Bertz CT molecular complexity index is 2000. The largest absolute Gasteiger partial charge is 0.248 e. The van der Waals surface area contributed by atoms with Gasteiger partial charge in [-0.2, -0.15) is 0 Å². The number of nitrogens with zero attached hydrogens (tertiary/aromatic N) is 2. The average Bonchev–Trinajstić information content (AvgIpc) is 2.87. The summed E-state index contributed by atoms with van der Waals surface area (Å²) in [5.74, 6) is 0. The van der Waals surface area contributed by atoms with Gasteiger partial charge >= 0.3 is 0 Å². The maximum Gasteiger partial charge on any atom is 0.0744 e. The van der Waals surface area contributed by atoms with E-state index in [4.69, 9.17) is 9.97 Å². The maximum absolute atomic E-state index is 4.95. The normalized spacial score (nSPS) is 12.3. The van der Waals surface area contributed by atoms with E-state index in [2.05, 4.69) is 144 Å². The molecule has 0 N–H and O–H groups in total. The average molecular weight is 555 g/mol. The summed E-state index contributed by atoms with van der Waals surface area (Å²) in [6.07, 6.45) is 0. The Morgan fingerprint density at radius 3 is 1.48 bits per heavy atom. The summed E-state index contributed by atoms with van der Waals surface area (Å²) < 4.78 is 0. The van der Waals surface area contributed by atoms with E-state index in [9.17, 15) is 0 Å². The minimum atomic E-state index is 0.0891. The molecule has 2 heterocycles. The third-order valence-corrected chi connectivity index (χ3v) is 8.36. The lowest BCUT2D eigenvalue weighted by Crippen LogP contribution is -2.14. The van der Waals surface area contributed by atoms with Crippen LogP contribution in [-0.2, 0) is 10.8 Å². The molecule has 0 saturated carbocycles. The monoisotopic (exact) mass is 554 g/mol. The van der Waals surface area contributed by atoms with Gasteiger partial charge in [0.2, 0.25) is 0 Å². The first-order valence-electron chi connectivity index (χ1n) is 15.2. The van der Waals surface area contributed by atoms with E-state index >= 15 is 0 Å². The summed E-state index contributed by atoms with van der Waals surface area (Å²) in [6, 6.07) is 22.0. The molecule has 42 heavy (non-hydrogen) atoms. The Labute approximate surface area is 252 Å². The minimum Gasteiger partial charge on any atom is -0.248 e. The highest BCUT2D eigenvalue weighted by atomic mass is 14.7. The number of fused-ring (bicyclic) bond motifs is 4. The van der Waals surface area contributed by atoms with Crippen LogP contribution in [0, 0.1) is 41.5 Å². The minimum absolute atomic E-state index is 0.0891. The fourth-order valence-electron chi connectivity index (χ4n) is 6.59. The molecule has 216 valence electrons. The zero-order valence-electron chi connectivity index (χ0n) is 27.7. The first kappa shape index (κ1) is 29.7. The van der Waals surface area contributed by atoms with Crippen LogP contribution >= 0.6 is 0 Å². The Hall–Kier alpha value is -3.78. The van der Waals surface area contributed by atoms with Crippen molar-refractivity contribution in [1.82, 2.24) is 9.97 Å². The van der Waals surface area contributed by atoms with Gasteiger partial charge in [-0.25, -0.2) is 9.97 Å². The van der Waals surface area contributed by atoms with Gasteiger partial charge in [-0.05, 0) is 116 Å². The Morgan fingerprint density at radius 2 is 0.929 bits per heavy atom. The third kappa shape index (κ3) is 5.40. The lowest BCUT2D eigenvalue weighted by Gasteiger charge is -2.25. The second-order valence-electron chi connectivity index (χ2n) is 14.4. The van der Waals surface area contributed by atoms with Gasteiger partial charge in [-0.15, -0.1) is 0 Å². The number of benzene rings is 4. The van der Waals surface area contributed by atoms with Gasteiger partial charge < -0.3 is 0 Å². The molecule has 0 bridgehead atoms. The standard InChI is InChI=1S/2C20H23N/c1-12-7-10-16-15(11-12)18(20(4,5)6)17-13(2)8-9-14(3)19(17)21-16;1-12-7-8-16-15(10-12)19(20(4,5)6)18-14(3)9-13(2)11-17(18)21-16/h2*7-11H,1-6H3. The molecule has 0 unspecified atom stereocenters. The van der Waals surface area contributed by atoms with Crippen molar-refractivity contribution < 1.29 is 0 Å². The zero-order valence-corrected chi connectivity index (χ0v) is 27.7. The number of pyridine rings is 2. The summed E-state index contributed by atoms with van der Waals surface area (Å²) >= 11 is 0. The molecule has 2 aromatic heterocycles. The van der Waals surface area contributed by atoms with Crippen LogP contribution < -0.4 is 0 Å². The van der Waals surface area contributed by atoms with Crippen molar-refractivity contribution in [2.45, 2.75) is 93.9 Å². The number of hydrogen-bond donors (Lipinski definition) is 0. The molecule has 0 saturated heterocycles. The quantitative estimate of drug-likeness (QED) is 0.175. The van der Waals surface area contributed by atoms with E-state index < -0.39 is 0 Å². The molecular weight excluding hydrogens is 508 g/mol. The van der Waals surface area contributed by atoms with Crippen molar-refractivity contribution in [3.05, 3.63) is 105 Å². The topological polar surface area (TPSA) is 25.8 Å². The van der Waals surface area contributed by atoms with E-state index in [1.54, 1.807) is 0 Å². The van der Waals surface area contributed by atoms with Crippen molar-refractivity contribution in [2.24, 2.45) is 0 Å². The van der Waals surface area contributed by atoms with E-state index in [1.165, 1.54) is 66.1 Å². The molecule has 0 aliphatic rings. The molecule has 2 heteroatoms. The lowest BCUT2D eigenvalue weighted by molar-refractivity contribution is 0.600. The van der Waals surface area contributed by atoms with Crippen LogP contribution in [0.2, 0.25) is 0 Å². The maximum atomic E-state index is 4.95. The molecule has 0 aliphatic carbocycles. The third-order valence-electron chi connectivity index (χ3n) is 8.36. The fraction of sp³-hybridized carbons (Fsp3) is 0.350. The van der Waals surface area contributed by atoms with Gasteiger partial charge in [0.1, 0.15) is 0 Å². The van der Waals surface area contributed by atoms with E-state index in [0.29, 0.717) is 0 Å². The van der Waals surface area contributed by atoms with E-state index in [1.807, 2.05) is 0 Å². The highest BCUT2D eigenvalue weighted by Gasteiger charge is 2.24. The first-order chi connectivity index (χ1) is 19.6. The predicted octanol–water partition coefficient (Wildman–Crippen LogP) is 11.2. The Morgan fingerprint density at radius 1 is 0.429 bits per heavy atom. The van der Waals surface area contributed by atoms with Crippen LogP contribution in [0.5, 0.6) is 0 Å². The summed E-state index contributed by atoms with van der Waals surface area (Å²) in [4.78, 5) is 9.87. The van der Waals surface area contributed by atoms with Crippen LogP contribution in [-0.4, -0.2) is 9.97 Å². The van der Waals surface area contributed by atoms with Crippen LogP contribution in [0.3, 0.4) is 0 Å². The summed E-state index contributed by atoms with van der Waals surface area (Å²) in [5, 5.41) is 5.25. The van der Waals surface area contributed by atoms with Crippen LogP contribution in [0.4, 0.5) is 0 Å². The smallest absolute Gasteiger partial charge is 0.0744 e. The highest BCUT2D eigenvalue weighted by molar-refractivity contribution is 6.02. The molecule has 0 spiro atoms. The van der Waals surface area contributed by atoms with Crippen molar-refractivity contribution in [2.75, 3.05) is 0 Å². The van der Waals surface area contributed by atoms with Gasteiger partial charge in [-0.3, -0.25) is 0 Å². The van der Waals surface area contributed by atoms with Gasteiger partial charge in [0, 0.05) is 21.5 Å². The number of aryl methyl sites for hydroxylation is 6. The number of aromatic nitrogens is 2. The molecule has 2 nitrogen and oxygen atoms in total. The molecule has 6 rings (SSSR count). The zero-order chi connectivity index (χ0) is 30.7. The van der Waals surface area contributed by atoms with Gasteiger partial charge in [0.05, 0.1) is 22.1 Å². The molecule has 4 aromatic carbocycles. The van der Waals surface area contributed by atoms with Crippen LogP contribution in [0.15, 0.2) is 60.7 Å². The number of hydrogen-bond acceptors (Lipinski definition) is 2. The van der Waals surface area contributed by atoms with Crippen molar-refractivity contribution >= 4 is 43.6 Å². The highest BCUT2D eigenvalue weighted by Crippen LogP contribution is 2.39. The molecular formula is C40H46N2. The summed E-state index contributed by atoms with van der Waals surface area (Å²) in [7, 11) is 0. The van der Waals surface area contributed by atoms with Crippen LogP contribution in [0.25, 0.3) is 43.6 Å². The van der Waals surface area contributed by atoms with Gasteiger partial charge in [-0.1, -0.05) is 83.0 Å². The van der Waals surface area contributed by atoms with E-state index in [-0.39, 0.29) is 10.8 Å². The lowest BCUT2D eigenvalue weighted by atomic mass is 9.80. The molecule has 6 aromatic rings.